The van der Waals surface area contributed by atoms with Crippen molar-refractivity contribution in [2.45, 2.75) is 32.5 Å². The van der Waals surface area contributed by atoms with Crippen molar-refractivity contribution in [3.63, 3.8) is 0 Å². The van der Waals surface area contributed by atoms with E-state index >= 15 is 0 Å². The van der Waals surface area contributed by atoms with Gasteiger partial charge in [-0.25, -0.2) is 15.0 Å². The molecule has 2 aromatic heterocycles. The zero-order valence-electron chi connectivity index (χ0n) is 14.7. The molecule has 142 valence electrons. The van der Waals surface area contributed by atoms with Crippen LogP contribution < -0.4 is 11.1 Å². The summed E-state index contributed by atoms with van der Waals surface area (Å²) >= 11 is 1.50. The molecule has 0 aliphatic heterocycles. The van der Waals surface area contributed by atoms with Crippen LogP contribution >= 0.6 is 11.3 Å². The van der Waals surface area contributed by atoms with Gasteiger partial charge in [-0.2, -0.15) is 13.2 Å². The van der Waals surface area contributed by atoms with Gasteiger partial charge in [0.25, 0.3) is 0 Å². The lowest BCUT2D eigenvalue weighted by Gasteiger charge is -2.10. The summed E-state index contributed by atoms with van der Waals surface area (Å²) in [6.45, 7) is 3.90. The number of thiazole rings is 1. The lowest BCUT2D eigenvalue weighted by molar-refractivity contribution is -0.141. The van der Waals surface area contributed by atoms with Gasteiger partial charge in [-0.15, -0.1) is 11.3 Å². The zero-order chi connectivity index (χ0) is 19.6. The Kier molecular flexibility index (Phi) is 5.43. The van der Waals surface area contributed by atoms with Crippen LogP contribution in [0.25, 0.3) is 10.4 Å². The first-order valence-electron chi connectivity index (χ1n) is 8.27. The Balaban J connectivity index is 1.89. The minimum atomic E-state index is -4.52. The average Bonchev–Trinajstić information content (AvgIpc) is 3.10. The van der Waals surface area contributed by atoms with Crippen molar-refractivity contribution in [3.8, 4) is 10.4 Å². The van der Waals surface area contributed by atoms with Crippen molar-refractivity contribution in [2.75, 3.05) is 5.32 Å². The number of hydrogen-bond donors (Lipinski definition) is 2. The molecule has 9 heteroatoms. The minimum Gasteiger partial charge on any atom is -0.324 e. The molecule has 0 bridgehead atoms. The first-order valence-corrected chi connectivity index (χ1v) is 9.08. The lowest BCUT2D eigenvalue weighted by Crippen LogP contribution is -2.10. The van der Waals surface area contributed by atoms with Crippen LogP contribution in [0.2, 0.25) is 0 Å². The van der Waals surface area contributed by atoms with Crippen LogP contribution in [0.3, 0.4) is 0 Å². The first kappa shape index (κ1) is 19.2. The third-order valence-electron chi connectivity index (χ3n) is 3.84. The molecule has 1 aromatic carbocycles. The van der Waals surface area contributed by atoms with Gasteiger partial charge in [-0.05, 0) is 42.7 Å². The molecule has 0 spiro atoms. The molecule has 0 aliphatic rings. The second-order valence-electron chi connectivity index (χ2n) is 6.05. The summed E-state index contributed by atoms with van der Waals surface area (Å²) in [7, 11) is 0. The number of rotatable bonds is 5. The number of hydrogen-bond acceptors (Lipinski definition) is 6. The number of alkyl halides is 3. The molecule has 1 atom stereocenters. The van der Waals surface area contributed by atoms with E-state index in [1.54, 1.807) is 6.20 Å². The van der Waals surface area contributed by atoms with Crippen molar-refractivity contribution in [1.29, 1.82) is 0 Å². The SMILES string of the molecule is CCC(N)c1ncc(-c2cc(C)cc(Nc3nccc(C(F)(F)F)n3)c2)s1. The highest BCUT2D eigenvalue weighted by atomic mass is 32.1. The topological polar surface area (TPSA) is 76.7 Å². The van der Waals surface area contributed by atoms with Crippen molar-refractivity contribution in [3.05, 3.63) is 52.9 Å². The molecule has 0 saturated carbocycles. The molecule has 27 heavy (non-hydrogen) atoms. The highest BCUT2D eigenvalue weighted by molar-refractivity contribution is 7.15. The van der Waals surface area contributed by atoms with Crippen LogP contribution in [-0.4, -0.2) is 15.0 Å². The Bertz CT molecular complexity index is 939. The van der Waals surface area contributed by atoms with Gasteiger partial charge in [0, 0.05) is 18.1 Å². The van der Waals surface area contributed by atoms with E-state index < -0.39 is 11.9 Å². The van der Waals surface area contributed by atoms with E-state index in [2.05, 4.69) is 20.3 Å². The second kappa shape index (κ2) is 7.61. The number of nitrogens with one attached hydrogen (secondary N) is 1. The van der Waals surface area contributed by atoms with Gasteiger partial charge in [0.05, 0.1) is 10.9 Å². The average molecular weight is 393 g/mol. The summed E-state index contributed by atoms with van der Waals surface area (Å²) < 4.78 is 38.5. The lowest BCUT2D eigenvalue weighted by atomic mass is 10.1. The molecule has 0 radical (unpaired) electrons. The Labute approximate surface area is 158 Å². The fourth-order valence-electron chi connectivity index (χ4n) is 2.47. The van der Waals surface area contributed by atoms with Crippen molar-refractivity contribution in [2.24, 2.45) is 5.73 Å². The van der Waals surface area contributed by atoms with Crippen LogP contribution in [-0.2, 0) is 6.18 Å². The monoisotopic (exact) mass is 393 g/mol. The number of aromatic nitrogens is 3. The Hall–Kier alpha value is -2.52. The largest absolute Gasteiger partial charge is 0.433 e. The first-order chi connectivity index (χ1) is 12.8. The summed E-state index contributed by atoms with van der Waals surface area (Å²) in [6.07, 6.45) is -0.889. The molecule has 0 saturated heterocycles. The molecular weight excluding hydrogens is 375 g/mol. The maximum atomic E-state index is 12.8. The summed E-state index contributed by atoms with van der Waals surface area (Å²) in [5.74, 6) is -0.112. The smallest absolute Gasteiger partial charge is 0.324 e. The summed E-state index contributed by atoms with van der Waals surface area (Å²) in [4.78, 5) is 12.7. The number of benzene rings is 1. The second-order valence-corrected chi connectivity index (χ2v) is 7.12. The predicted octanol–water partition coefficient (Wildman–Crippen LogP) is 5.08. The molecule has 3 rings (SSSR count). The Morgan fingerprint density at radius 1 is 1.22 bits per heavy atom. The number of nitrogens with zero attached hydrogens (tertiary/aromatic N) is 3. The summed E-state index contributed by atoms with van der Waals surface area (Å²) in [5.41, 5.74) is 7.47. The molecule has 1 unspecified atom stereocenters. The van der Waals surface area contributed by atoms with Crippen molar-refractivity contribution in [1.82, 2.24) is 15.0 Å². The fraction of sp³-hybridized carbons (Fsp3) is 0.278. The van der Waals surface area contributed by atoms with Gasteiger partial charge in [-0.1, -0.05) is 13.0 Å². The zero-order valence-corrected chi connectivity index (χ0v) is 15.5. The molecular formula is C18H18F3N5S. The van der Waals surface area contributed by atoms with E-state index in [0.29, 0.717) is 5.69 Å². The van der Waals surface area contributed by atoms with E-state index in [0.717, 1.165) is 39.7 Å². The third kappa shape index (κ3) is 4.61. The number of aryl methyl sites for hydroxylation is 1. The van der Waals surface area contributed by atoms with E-state index in [-0.39, 0.29) is 12.0 Å². The molecule has 3 aromatic rings. The number of halogens is 3. The minimum absolute atomic E-state index is 0.107. The normalized spacial score (nSPS) is 12.8. The maximum Gasteiger partial charge on any atom is 0.433 e. The van der Waals surface area contributed by atoms with Crippen LogP contribution in [0.5, 0.6) is 0 Å². The summed E-state index contributed by atoms with van der Waals surface area (Å²) in [5, 5.41) is 3.70. The van der Waals surface area contributed by atoms with Crippen molar-refractivity contribution >= 4 is 23.0 Å². The van der Waals surface area contributed by atoms with E-state index in [4.69, 9.17) is 5.73 Å². The van der Waals surface area contributed by atoms with Gasteiger partial charge in [0.15, 0.2) is 0 Å². The fourth-order valence-corrected chi connectivity index (χ4v) is 3.46. The summed E-state index contributed by atoms with van der Waals surface area (Å²) in [6, 6.07) is 6.35. The molecule has 3 N–H and O–H groups in total. The molecule has 0 fully saturated rings. The standard InChI is InChI=1S/C18H18F3N5S/c1-3-13(22)16-24-9-14(27-16)11-6-10(2)7-12(8-11)25-17-23-5-4-15(26-17)18(19,20)21/h4-9,13H,3,22H2,1-2H3,(H,23,25,26). The van der Waals surface area contributed by atoms with E-state index in [1.807, 2.05) is 32.0 Å². The van der Waals surface area contributed by atoms with Gasteiger partial charge in [0.2, 0.25) is 5.95 Å². The maximum absolute atomic E-state index is 12.8. The van der Waals surface area contributed by atoms with Gasteiger partial charge >= 0.3 is 6.18 Å². The van der Waals surface area contributed by atoms with E-state index in [9.17, 15) is 13.2 Å². The number of anilines is 2. The highest BCUT2D eigenvalue weighted by Crippen LogP contribution is 2.33. The van der Waals surface area contributed by atoms with Crippen LogP contribution in [0.15, 0.2) is 36.7 Å². The van der Waals surface area contributed by atoms with Gasteiger partial charge in [-0.3, -0.25) is 0 Å². The van der Waals surface area contributed by atoms with Crippen LogP contribution in [0, 0.1) is 6.92 Å². The Morgan fingerprint density at radius 3 is 2.70 bits per heavy atom. The quantitative estimate of drug-likeness (QED) is 0.632. The third-order valence-corrected chi connectivity index (χ3v) is 5.02. The molecule has 2 heterocycles. The van der Waals surface area contributed by atoms with Gasteiger partial charge < -0.3 is 11.1 Å². The molecule has 5 nitrogen and oxygen atoms in total. The highest BCUT2D eigenvalue weighted by Gasteiger charge is 2.32. The van der Waals surface area contributed by atoms with Crippen molar-refractivity contribution < 1.29 is 13.2 Å². The predicted molar refractivity (Wildman–Crippen MR) is 99.8 cm³/mol. The Morgan fingerprint density at radius 2 is 2.00 bits per heavy atom. The van der Waals surface area contributed by atoms with E-state index in [1.165, 1.54) is 11.3 Å². The molecule has 0 aliphatic carbocycles. The van der Waals surface area contributed by atoms with Crippen LogP contribution in [0.4, 0.5) is 24.8 Å². The molecule has 0 amide bonds. The van der Waals surface area contributed by atoms with Gasteiger partial charge in [0.1, 0.15) is 10.7 Å². The number of nitrogens with two attached hydrogens (primary N) is 1. The van der Waals surface area contributed by atoms with Crippen LogP contribution in [0.1, 0.15) is 35.7 Å².